The Labute approximate surface area is 128 Å². The number of esters is 1. The van der Waals surface area contributed by atoms with Gasteiger partial charge in [0.25, 0.3) is 0 Å². The van der Waals surface area contributed by atoms with E-state index in [9.17, 15) is 4.79 Å². The van der Waals surface area contributed by atoms with Crippen LogP contribution in [0.5, 0.6) is 5.75 Å². The van der Waals surface area contributed by atoms with Crippen LogP contribution in [0.2, 0.25) is 0 Å². The molecule has 21 heavy (non-hydrogen) atoms. The molecule has 3 heteroatoms. The molecule has 1 heterocycles. The zero-order valence-electron chi connectivity index (χ0n) is 12.2. The van der Waals surface area contributed by atoms with Gasteiger partial charge in [0.15, 0.2) is 4.90 Å². The van der Waals surface area contributed by atoms with Gasteiger partial charge >= 0.3 is 5.97 Å². The molecule has 1 saturated heterocycles. The third-order valence-corrected chi connectivity index (χ3v) is 6.28. The van der Waals surface area contributed by atoms with Crippen LogP contribution in [0.3, 0.4) is 0 Å². The molecular weight excluding hydrogens is 280 g/mol. The van der Waals surface area contributed by atoms with Crippen molar-refractivity contribution in [3.63, 3.8) is 0 Å². The Morgan fingerprint density at radius 2 is 1.76 bits per heavy atom. The van der Waals surface area contributed by atoms with Crippen molar-refractivity contribution < 1.29 is 9.53 Å². The quantitative estimate of drug-likeness (QED) is 0.369. The van der Waals surface area contributed by atoms with Crippen LogP contribution in [0.15, 0.2) is 53.4 Å². The lowest BCUT2D eigenvalue weighted by Gasteiger charge is -2.10. The van der Waals surface area contributed by atoms with Crippen molar-refractivity contribution in [1.29, 1.82) is 0 Å². The molecule has 1 aliphatic rings. The van der Waals surface area contributed by atoms with Gasteiger partial charge in [0, 0.05) is 27.2 Å². The van der Waals surface area contributed by atoms with Crippen molar-refractivity contribution >= 4 is 27.6 Å². The van der Waals surface area contributed by atoms with E-state index < -0.39 is 0 Å². The smallest absolute Gasteiger partial charge is 0.338 e. The monoisotopic (exact) mass is 299 g/mol. The van der Waals surface area contributed by atoms with Gasteiger partial charge in [-0.05, 0) is 38.0 Å². The molecule has 0 bridgehead atoms. The second-order valence-corrected chi connectivity index (χ2v) is 7.63. The van der Waals surface area contributed by atoms with Crippen LogP contribution in [-0.4, -0.2) is 17.5 Å². The number of ether oxygens (including phenoxy) is 1. The Kier molecular flexibility index (Phi) is 4.02. The highest BCUT2D eigenvalue weighted by atomic mass is 32.2. The van der Waals surface area contributed by atoms with Gasteiger partial charge in [-0.1, -0.05) is 24.8 Å². The number of carbonyl (C=O) groups excluding carboxylic acids is 1. The minimum atomic E-state index is -0.365. The van der Waals surface area contributed by atoms with Crippen LogP contribution >= 0.6 is 0 Å². The van der Waals surface area contributed by atoms with E-state index in [-0.39, 0.29) is 5.97 Å². The van der Waals surface area contributed by atoms with Gasteiger partial charge in [0.2, 0.25) is 0 Å². The Morgan fingerprint density at radius 3 is 2.43 bits per heavy atom. The van der Waals surface area contributed by atoms with Crippen LogP contribution in [0, 0.1) is 0 Å². The lowest BCUT2D eigenvalue weighted by Crippen LogP contribution is -2.09. The molecule has 0 aliphatic carbocycles. The van der Waals surface area contributed by atoms with Crippen LogP contribution in [0.4, 0.5) is 0 Å². The van der Waals surface area contributed by atoms with Gasteiger partial charge in [-0.25, -0.2) is 4.79 Å². The summed E-state index contributed by atoms with van der Waals surface area (Å²) in [5, 5.41) is 2.23. The summed E-state index contributed by atoms with van der Waals surface area (Å²) < 4.78 is 5.47. The molecular formula is C18H19O2S+. The molecule has 0 spiro atoms. The number of fused-ring (bicyclic) bond motifs is 1. The number of hydrogen-bond donors (Lipinski definition) is 0. The third kappa shape index (κ3) is 2.84. The van der Waals surface area contributed by atoms with Gasteiger partial charge in [0.05, 0.1) is 0 Å². The number of benzene rings is 2. The molecule has 0 radical (unpaired) electrons. The Morgan fingerprint density at radius 1 is 1.10 bits per heavy atom. The fourth-order valence-electron chi connectivity index (χ4n) is 2.65. The van der Waals surface area contributed by atoms with E-state index in [1.165, 1.54) is 34.6 Å². The van der Waals surface area contributed by atoms with E-state index in [2.05, 4.69) is 24.8 Å². The predicted octanol–water partition coefficient (Wildman–Crippen LogP) is 4.09. The highest BCUT2D eigenvalue weighted by molar-refractivity contribution is 7.97. The maximum atomic E-state index is 11.8. The number of carbonyl (C=O) groups is 1. The van der Waals surface area contributed by atoms with E-state index in [0.29, 0.717) is 22.2 Å². The Hall–Kier alpha value is -1.74. The summed E-state index contributed by atoms with van der Waals surface area (Å²) in [5.41, 5.74) is 0.417. The van der Waals surface area contributed by atoms with E-state index in [4.69, 9.17) is 4.74 Å². The summed E-state index contributed by atoms with van der Waals surface area (Å²) in [4.78, 5) is 13.2. The molecule has 108 valence electrons. The molecule has 1 aliphatic heterocycles. The Bertz CT molecular complexity index is 699. The second-order valence-electron chi connectivity index (χ2n) is 5.39. The summed E-state index contributed by atoms with van der Waals surface area (Å²) in [5.74, 6) is 2.84. The first-order valence-electron chi connectivity index (χ1n) is 7.24. The molecule has 2 aromatic carbocycles. The molecule has 0 aromatic heterocycles. The van der Waals surface area contributed by atoms with Crippen molar-refractivity contribution in [2.75, 3.05) is 11.5 Å². The maximum absolute atomic E-state index is 11.8. The molecule has 0 N–H and O–H groups in total. The van der Waals surface area contributed by atoms with Crippen molar-refractivity contribution in [2.24, 2.45) is 0 Å². The lowest BCUT2D eigenvalue weighted by atomic mass is 10.1. The normalized spacial score (nSPS) is 15.3. The highest BCUT2D eigenvalue weighted by Gasteiger charge is 2.29. The second kappa shape index (κ2) is 5.94. The van der Waals surface area contributed by atoms with E-state index >= 15 is 0 Å². The van der Waals surface area contributed by atoms with Gasteiger partial charge in [-0.15, -0.1) is 0 Å². The molecule has 0 unspecified atom stereocenters. The summed E-state index contributed by atoms with van der Waals surface area (Å²) in [6, 6.07) is 12.3. The third-order valence-electron chi connectivity index (χ3n) is 3.74. The molecule has 2 aromatic rings. The number of hydrogen-bond acceptors (Lipinski definition) is 2. The number of rotatable bonds is 3. The summed E-state index contributed by atoms with van der Waals surface area (Å²) in [7, 11) is 0.347. The molecule has 0 atom stereocenters. The van der Waals surface area contributed by atoms with Gasteiger partial charge < -0.3 is 4.74 Å². The minimum absolute atomic E-state index is 0.347. The molecule has 1 fully saturated rings. The van der Waals surface area contributed by atoms with Crippen LogP contribution in [-0.2, 0) is 15.7 Å². The predicted molar refractivity (Wildman–Crippen MR) is 89.0 cm³/mol. The van der Waals surface area contributed by atoms with Gasteiger partial charge in [-0.3, -0.25) is 0 Å². The van der Waals surface area contributed by atoms with E-state index in [1.54, 1.807) is 6.92 Å². The topological polar surface area (TPSA) is 26.3 Å². The van der Waals surface area contributed by atoms with E-state index in [1.807, 2.05) is 18.2 Å². The summed E-state index contributed by atoms with van der Waals surface area (Å²) >= 11 is 0. The first kappa shape index (κ1) is 14.2. The minimum Gasteiger partial charge on any atom is -0.423 e. The highest BCUT2D eigenvalue weighted by Crippen LogP contribution is 2.34. The first-order valence-corrected chi connectivity index (χ1v) is 8.80. The molecule has 2 nitrogen and oxygen atoms in total. The van der Waals surface area contributed by atoms with Crippen molar-refractivity contribution in [2.45, 2.75) is 24.7 Å². The van der Waals surface area contributed by atoms with Gasteiger partial charge in [0.1, 0.15) is 17.3 Å². The first-order chi connectivity index (χ1) is 10.2. The molecule has 0 amide bonds. The fraction of sp³-hybridized carbons (Fsp3) is 0.278. The SMILES string of the molecule is C=C(C)C(=O)Oc1ccc([S+]2CCCC2)c2ccccc12. The van der Waals surface area contributed by atoms with Crippen LogP contribution in [0.1, 0.15) is 19.8 Å². The zero-order valence-corrected chi connectivity index (χ0v) is 13.0. The van der Waals surface area contributed by atoms with Gasteiger partial charge in [-0.2, -0.15) is 0 Å². The van der Waals surface area contributed by atoms with Crippen LogP contribution in [0.25, 0.3) is 10.8 Å². The summed E-state index contributed by atoms with van der Waals surface area (Å²) in [6.45, 7) is 5.30. The van der Waals surface area contributed by atoms with Crippen LogP contribution < -0.4 is 4.74 Å². The molecule has 0 saturated carbocycles. The lowest BCUT2D eigenvalue weighted by molar-refractivity contribution is -0.129. The van der Waals surface area contributed by atoms with Crippen molar-refractivity contribution in [3.8, 4) is 5.75 Å². The standard InChI is InChI=1S/C18H19O2S/c1-13(2)18(19)20-16-9-10-17(21-11-5-6-12-21)15-8-4-3-7-14(15)16/h3-4,7-10H,1,5-6,11-12H2,2H3/q+1. The average Bonchev–Trinajstić information content (AvgIpc) is 3.01. The maximum Gasteiger partial charge on any atom is 0.338 e. The van der Waals surface area contributed by atoms with Crippen molar-refractivity contribution in [3.05, 3.63) is 48.6 Å². The molecule has 3 rings (SSSR count). The Balaban J connectivity index is 2.06. The van der Waals surface area contributed by atoms with E-state index in [0.717, 1.165) is 5.39 Å². The zero-order chi connectivity index (χ0) is 14.8. The fourth-order valence-corrected chi connectivity index (χ4v) is 5.14. The van der Waals surface area contributed by atoms with Crippen molar-refractivity contribution in [1.82, 2.24) is 0 Å². The largest absolute Gasteiger partial charge is 0.423 e. The average molecular weight is 299 g/mol. The summed E-state index contributed by atoms with van der Waals surface area (Å²) in [6.07, 6.45) is 2.65.